The zero-order valence-electron chi connectivity index (χ0n) is 13.9. The summed E-state index contributed by atoms with van der Waals surface area (Å²) in [5, 5.41) is 3.63. The van der Waals surface area contributed by atoms with Gasteiger partial charge in [0.1, 0.15) is 13.2 Å². The Labute approximate surface area is 152 Å². The molecule has 0 saturated heterocycles. The molecule has 1 aliphatic carbocycles. The molecule has 2 aromatic rings. The highest BCUT2D eigenvalue weighted by atomic mass is 35.5. The molecule has 4 rings (SSSR count). The monoisotopic (exact) mass is 357 g/mol. The third-order valence-electron chi connectivity index (χ3n) is 4.87. The number of carbonyl (C=O) groups excluding carboxylic acids is 1. The van der Waals surface area contributed by atoms with Gasteiger partial charge >= 0.3 is 0 Å². The lowest BCUT2D eigenvalue weighted by molar-refractivity contribution is -0.123. The highest BCUT2D eigenvalue weighted by Gasteiger charge is 2.50. The summed E-state index contributed by atoms with van der Waals surface area (Å²) in [7, 11) is 0. The van der Waals surface area contributed by atoms with Gasteiger partial charge in [0.15, 0.2) is 11.5 Å². The van der Waals surface area contributed by atoms with Gasteiger partial charge in [-0.1, -0.05) is 41.9 Å². The van der Waals surface area contributed by atoms with Crippen LogP contribution in [0.4, 0.5) is 0 Å². The highest BCUT2D eigenvalue weighted by Crippen LogP contribution is 2.48. The number of halogens is 1. The van der Waals surface area contributed by atoms with E-state index in [-0.39, 0.29) is 11.3 Å². The summed E-state index contributed by atoms with van der Waals surface area (Å²) in [6.45, 7) is 1.62. The fourth-order valence-electron chi connectivity index (χ4n) is 3.33. The SMILES string of the molecule is O=C(NCCc1cc(Cl)c2c(c1)OCCO2)C1(c2ccccc2)CC1. The average molecular weight is 358 g/mol. The molecule has 0 radical (unpaired) electrons. The number of benzene rings is 2. The topological polar surface area (TPSA) is 47.6 Å². The molecule has 0 atom stereocenters. The lowest BCUT2D eigenvalue weighted by Gasteiger charge is -2.20. The lowest BCUT2D eigenvalue weighted by Crippen LogP contribution is -2.35. The van der Waals surface area contributed by atoms with Gasteiger partial charge in [0.2, 0.25) is 5.91 Å². The second kappa shape index (κ2) is 6.60. The first-order chi connectivity index (χ1) is 12.2. The highest BCUT2D eigenvalue weighted by molar-refractivity contribution is 6.32. The van der Waals surface area contributed by atoms with Crippen LogP contribution in [0.5, 0.6) is 11.5 Å². The summed E-state index contributed by atoms with van der Waals surface area (Å²) in [5.41, 5.74) is 1.81. The van der Waals surface area contributed by atoms with Crippen molar-refractivity contribution in [1.29, 1.82) is 0 Å². The van der Waals surface area contributed by atoms with E-state index in [0.29, 0.717) is 42.7 Å². The molecule has 1 saturated carbocycles. The Morgan fingerprint density at radius 3 is 2.64 bits per heavy atom. The van der Waals surface area contributed by atoms with Crippen molar-refractivity contribution in [3.05, 3.63) is 58.6 Å². The smallest absolute Gasteiger partial charge is 0.230 e. The number of ether oxygens (including phenoxy) is 2. The number of hydrogen-bond acceptors (Lipinski definition) is 3. The van der Waals surface area contributed by atoms with E-state index in [1.165, 1.54) is 0 Å². The summed E-state index contributed by atoms with van der Waals surface area (Å²) in [5.74, 6) is 1.41. The van der Waals surface area contributed by atoms with Crippen molar-refractivity contribution in [2.45, 2.75) is 24.7 Å². The first-order valence-electron chi connectivity index (χ1n) is 8.61. The van der Waals surface area contributed by atoms with Gasteiger partial charge in [-0.15, -0.1) is 0 Å². The molecule has 1 aliphatic heterocycles. The van der Waals surface area contributed by atoms with Crippen LogP contribution in [0.1, 0.15) is 24.0 Å². The quantitative estimate of drug-likeness (QED) is 0.890. The van der Waals surface area contributed by atoms with Crippen molar-refractivity contribution < 1.29 is 14.3 Å². The molecule has 2 aromatic carbocycles. The molecule has 1 fully saturated rings. The Morgan fingerprint density at radius 1 is 1.12 bits per heavy atom. The van der Waals surface area contributed by atoms with Crippen LogP contribution >= 0.6 is 11.6 Å². The summed E-state index contributed by atoms with van der Waals surface area (Å²) < 4.78 is 11.1. The molecular formula is C20H20ClNO3. The third kappa shape index (κ3) is 3.19. The number of amides is 1. The van der Waals surface area contributed by atoms with Crippen LogP contribution in [0.3, 0.4) is 0 Å². The van der Waals surface area contributed by atoms with E-state index in [1.54, 1.807) is 0 Å². The van der Waals surface area contributed by atoms with Crippen LogP contribution in [-0.4, -0.2) is 25.7 Å². The zero-order valence-corrected chi connectivity index (χ0v) is 14.6. The summed E-state index contributed by atoms with van der Waals surface area (Å²) in [6.07, 6.45) is 2.53. The van der Waals surface area contributed by atoms with Crippen LogP contribution in [0.2, 0.25) is 5.02 Å². The second-order valence-electron chi connectivity index (χ2n) is 6.56. The van der Waals surface area contributed by atoms with Crippen molar-refractivity contribution >= 4 is 17.5 Å². The number of nitrogens with one attached hydrogen (secondary N) is 1. The van der Waals surface area contributed by atoms with Crippen LogP contribution < -0.4 is 14.8 Å². The van der Waals surface area contributed by atoms with Crippen LogP contribution in [0.25, 0.3) is 0 Å². The minimum atomic E-state index is -0.328. The molecule has 4 nitrogen and oxygen atoms in total. The molecule has 130 valence electrons. The van der Waals surface area contributed by atoms with E-state index < -0.39 is 0 Å². The second-order valence-corrected chi connectivity index (χ2v) is 6.96. The number of rotatable bonds is 5. The molecule has 0 unspecified atom stereocenters. The molecule has 2 aliphatic rings. The average Bonchev–Trinajstić information content (AvgIpc) is 3.44. The lowest BCUT2D eigenvalue weighted by atomic mass is 9.95. The molecule has 1 N–H and O–H groups in total. The molecule has 0 spiro atoms. The first kappa shape index (κ1) is 16.3. The van der Waals surface area contributed by atoms with Gasteiger partial charge in [-0.3, -0.25) is 4.79 Å². The predicted octanol–water partition coefficient (Wildman–Crippen LogP) is 3.50. The van der Waals surface area contributed by atoms with Gasteiger partial charge in [0, 0.05) is 6.54 Å². The minimum absolute atomic E-state index is 0.113. The van der Waals surface area contributed by atoms with Crippen molar-refractivity contribution in [2.24, 2.45) is 0 Å². The Morgan fingerprint density at radius 2 is 1.88 bits per heavy atom. The summed E-state index contributed by atoms with van der Waals surface area (Å²) in [4.78, 5) is 12.6. The van der Waals surface area contributed by atoms with Gasteiger partial charge in [-0.25, -0.2) is 0 Å². The van der Waals surface area contributed by atoms with Crippen LogP contribution in [0.15, 0.2) is 42.5 Å². The fourth-order valence-corrected chi connectivity index (χ4v) is 3.62. The van der Waals surface area contributed by atoms with Gasteiger partial charge in [0.25, 0.3) is 0 Å². The molecule has 5 heteroatoms. The van der Waals surface area contributed by atoms with Gasteiger partial charge in [-0.2, -0.15) is 0 Å². The normalized spacial score (nSPS) is 17.0. The van der Waals surface area contributed by atoms with Gasteiger partial charge in [-0.05, 0) is 42.5 Å². The van der Waals surface area contributed by atoms with Crippen LogP contribution in [0, 0.1) is 0 Å². The first-order valence-corrected chi connectivity index (χ1v) is 8.99. The Balaban J connectivity index is 1.38. The maximum Gasteiger partial charge on any atom is 0.230 e. The van der Waals surface area contributed by atoms with E-state index in [4.69, 9.17) is 21.1 Å². The van der Waals surface area contributed by atoms with Crippen LogP contribution in [-0.2, 0) is 16.6 Å². The molecule has 1 amide bonds. The van der Waals surface area contributed by atoms with Crippen molar-refractivity contribution in [3.8, 4) is 11.5 Å². The third-order valence-corrected chi connectivity index (χ3v) is 5.15. The van der Waals surface area contributed by atoms with E-state index in [0.717, 1.165) is 24.0 Å². The molecule has 0 bridgehead atoms. The van der Waals surface area contributed by atoms with E-state index >= 15 is 0 Å². The predicted molar refractivity (Wildman–Crippen MR) is 96.5 cm³/mol. The largest absolute Gasteiger partial charge is 0.486 e. The molecule has 25 heavy (non-hydrogen) atoms. The minimum Gasteiger partial charge on any atom is -0.486 e. The Bertz CT molecular complexity index is 787. The van der Waals surface area contributed by atoms with E-state index in [1.807, 2.05) is 42.5 Å². The zero-order chi connectivity index (χ0) is 17.3. The van der Waals surface area contributed by atoms with Gasteiger partial charge in [0.05, 0.1) is 10.4 Å². The maximum absolute atomic E-state index is 12.6. The van der Waals surface area contributed by atoms with E-state index in [9.17, 15) is 4.79 Å². The summed E-state index contributed by atoms with van der Waals surface area (Å²) in [6, 6.07) is 13.8. The maximum atomic E-state index is 12.6. The van der Waals surface area contributed by atoms with Crippen molar-refractivity contribution in [1.82, 2.24) is 5.32 Å². The van der Waals surface area contributed by atoms with Crippen molar-refractivity contribution in [3.63, 3.8) is 0 Å². The number of fused-ring (bicyclic) bond motifs is 1. The Kier molecular flexibility index (Phi) is 4.30. The number of carbonyl (C=O) groups is 1. The van der Waals surface area contributed by atoms with Crippen molar-refractivity contribution in [2.75, 3.05) is 19.8 Å². The number of hydrogen-bond donors (Lipinski definition) is 1. The Hall–Kier alpha value is -2.20. The summed E-state index contributed by atoms with van der Waals surface area (Å²) >= 11 is 6.26. The standard InChI is InChI=1S/C20H20ClNO3/c21-16-12-14(13-17-18(16)25-11-10-24-17)6-9-22-19(23)20(7-8-20)15-4-2-1-3-5-15/h1-5,12-13H,6-11H2,(H,22,23). The van der Waals surface area contributed by atoms with Gasteiger partial charge < -0.3 is 14.8 Å². The molecular weight excluding hydrogens is 338 g/mol. The molecule has 0 aromatic heterocycles. The molecule has 1 heterocycles. The fraction of sp³-hybridized carbons (Fsp3) is 0.350. The van der Waals surface area contributed by atoms with E-state index in [2.05, 4.69) is 5.32 Å².